The second kappa shape index (κ2) is 5.16. The molecule has 0 fully saturated rings. The molecule has 0 bridgehead atoms. The smallest absolute Gasteiger partial charge is 0.0200 e. The van der Waals surface area contributed by atoms with Crippen molar-refractivity contribution in [3.05, 3.63) is 0 Å². The minimum absolute atomic E-state index is 1.14. The Balaban J connectivity index is 3.03. The van der Waals surface area contributed by atoms with Gasteiger partial charge in [-0.2, -0.15) is 0 Å². The Hall–Kier alpha value is 0.0200. The van der Waals surface area contributed by atoms with Gasteiger partial charge < -0.3 is 0 Å². The van der Waals surface area contributed by atoms with Gasteiger partial charge in [-0.3, -0.25) is 0 Å². The molecule has 0 saturated carbocycles. The van der Waals surface area contributed by atoms with Crippen molar-refractivity contribution < 1.29 is 0 Å². The first-order valence-corrected chi connectivity index (χ1v) is 3.84. The van der Waals surface area contributed by atoms with Gasteiger partial charge in [-0.05, 0) is 32.2 Å². The summed E-state index contributed by atoms with van der Waals surface area (Å²) in [5, 5.41) is 0. The van der Waals surface area contributed by atoms with Crippen LogP contribution >= 0.6 is 11.9 Å². The Labute approximate surface area is 55.7 Å². The summed E-state index contributed by atoms with van der Waals surface area (Å²) in [5.74, 6) is 1.14. The fourth-order valence-corrected chi connectivity index (χ4v) is 0.798. The van der Waals surface area contributed by atoms with Gasteiger partial charge in [0.25, 0.3) is 0 Å². The van der Waals surface area contributed by atoms with Gasteiger partial charge in [-0.1, -0.05) is 6.92 Å². The zero-order valence-electron chi connectivity index (χ0n) is 5.77. The molecule has 0 spiro atoms. The average molecular weight is 131 g/mol. The van der Waals surface area contributed by atoms with E-state index in [4.69, 9.17) is 0 Å². The first kappa shape index (κ1) is 8.02. The van der Waals surface area contributed by atoms with E-state index >= 15 is 0 Å². The Morgan fingerprint density at radius 2 is 2.12 bits per heavy atom. The number of nitrogens with zero attached hydrogens (tertiary/aromatic N) is 1. The van der Waals surface area contributed by atoms with Crippen LogP contribution in [0.15, 0.2) is 4.40 Å². The van der Waals surface area contributed by atoms with E-state index in [0.717, 1.165) is 11.5 Å². The van der Waals surface area contributed by atoms with Crippen LogP contribution in [0.2, 0.25) is 0 Å². The third-order valence-corrected chi connectivity index (χ3v) is 1.63. The number of rotatable bonds is 3. The monoisotopic (exact) mass is 131 g/mol. The summed E-state index contributed by atoms with van der Waals surface area (Å²) >= 11 is 1.65. The van der Waals surface area contributed by atoms with E-state index in [1.54, 1.807) is 11.9 Å². The van der Waals surface area contributed by atoms with Crippen LogP contribution in [0.5, 0.6) is 0 Å². The van der Waals surface area contributed by atoms with Crippen LogP contribution in [-0.2, 0) is 0 Å². The van der Waals surface area contributed by atoms with E-state index in [-0.39, 0.29) is 0 Å². The van der Waals surface area contributed by atoms with Crippen molar-refractivity contribution in [3.63, 3.8) is 0 Å². The van der Waals surface area contributed by atoms with Crippen LogP contribution < -0.4 is 0 Å². The second-order valence-electron chi connectivity index (χ2n) is 1.87. The van der Waals surface area contributed by atoms with Crippen molar-refractivity contribution in [2.45, 2.75) is 27.2 Å². The molecule has 0 aliphatic heterocycles. The van der Waals surface area contributed by atoms with Gasteiger partial charge in [-0.25, -0.2) is 4.40 Å². The molecule has 48 valence electrons. The fraction of sp³-hybridized carbons (Fsp3) is 0.833. The molecule has 0 rings (SSSR count). The highest BCUT2D eigenvalue weighted by atomic mass is 32.2. The molecular formula is C6H13NS. The minimum Gasteiger partial charge on any atom is -0.226 e. The third kappa shape index (κ3) is 6.02. The van der Waals surface area contributed by atoms with Gasteiger partial charge in [-0.15, -0.1) is 0 Å². The van der Waals surface area contributed by atoms with Crippen molar-refractivity contribution in [1.82, 2.24) is 0 Å². The standard InChI is InChI=1S/C6H13NS/c1-4-5-8-7-6(2)3/h4-5H2,1-3H3. The van der Waals surface area contributed by atoms with Crippen molar-refractivity contribution in [1.29, 1.82) is 0 Å². The fourth-order valence-electron chi connectivity index (χ4n) is 0.266. The summed E-state index contributed by atoms with van der Waals surface area (Å²) < 4.78 is 4.15. The van der Waals surface area contributed by atoms with E-state index in [2.05, 4.69) is 11.3 Å². The Kier molecular flexibility index (Phi) is 5.18. The summed E-state index contributed by atoms with van der Waals surface area (Å²) in [6.45, 7) is 6.19. The molecule has 0 heterocycles. The van der Waals surface area contributed by atoms with Gasteiger partial charge >= 0.3 is 0 Å². The van der Waals surface area contributed by atoms with E-state index in [0.29, 0.717) is 0 Å². The van der Waals surface area contributed by atoms with Crippen molar-refractivity contribution >= 4 is 17.7 Å². The molecule has 1 nitrogen and oxygen atoms in total. The van der Waals surface area contributed by atoms with Crippen LogP contribution in [-0.4, -0.2) is 11.5 Å². The zero-order valence-corrected chi connectivity index (χ0v) is 6.59. The molecule has 0 aromatic heterocycles. The average Bonchev–Trinajstić information content (AvgIpc) is 1.66. The van der Waals surface area contributed by atoms with Gasteiger partial charge in [0.15, 0.2) is 0 Å². The van der Waals surface area contributed by atoms with Crippen LogP contribution in [0.4, 0.5) is 0 Å². The highest BCUT2D eigenvalue weighted by Gasteiger charge is 1.79. The summed E-state index contributed by atoms with van der Waals surface area (Å²) in [4.78, 5) is 0. The number of hydrogen-bond acceptors (Lipinski definition) is 2. The molecule has 0 saturated heterocycles. The second-order valence-corrected chi connectivity index (χ2v) is 2.72. The van der Waals surface area contributed by atoms with E-state index in [1.165, 1.54) is 6.42 Å². The molecule has 0 aliphatic rings. The van der Waals surface area contributed by atoms with Crippen molar-refractivity contribution in [3.8, 4) is 0 Å². The van der Waals surface area contributed by atoms with E-state index in [1.807, 2.05) is 13.8 Å². The van der Waals surface area contributed by atoms with Crippen molar-refractivity contribution in [2.24, 2.45) is 4.40 Å². The molecule has 0 unspecified atom stereocenters. The predicted octanol–water partition coefficient (Wildman–Crippen LogP) is 2.53. The normalized spacial score (nSPS) is 8.88. The first-order valence-electron chi connectivity index (χ1n) is 2.90. The molecule has 0 N–H and O–H groups in total. The first-order chi connectivity index (χ1) is 3.77. The van der Waals surface area contributed by atoms with Gasteiger partial charge in [0.2, 0.25) is 0 Å². The predicted molar refractivity (Wildman–Crippen MR) is 41.5 cm³/mol. The molecule has 2 heteroatoms. The molecule has 0 radical (unpaired) electrons. The highest BCUT2D eigenvalue weighted by Crippen LogP contribution is 2.02. The van der Waals surface area contributed by atoms with Gasteiger partial charge in [0.1, 0.15) is 0 Å². The van der Waals surface area contributed by atoms with E-state index in [9.17, 15) is 0 Å². The molecule has 0 aliphatic carbocycles. The molecule has 0 aromatic rings. The maximum absolute atomic E-state index is 4.15. The molecular weight excluding hydrogens is 118 g/mol. The molecule has 0 atom stereocenters. The number of hydrogen-bond donors (Lipinski definition) is 0. The van der Waals surface area contributed by atoms with Crippen LogP contribution in [0.25, 0.3) is 0 Å². The zero-order chi connectivity index (χ0) is 6.41. The lowest BCUT2D eigenvalue weighted by Gasteiger charge is -1.88. The highest BCUT2D eigenvalue weighted by molar-refractivity contribution is 7.98. The van der Waals surface area contributed by atoms with Gasteiger partial charge in [0, 0.05) is 11.5 Å². The third-order valence-electron chi connectivity index (χ3n) is 0.543. The van der Waals surface area contributed by atoms with E-state index < -0.39 is 0 Å². The van der Waals surface area contributed by atoms with Gasteiger partial charge in [0.05, 0.1) is 0 Å². The maximum atomic E-state index is 4.15. The largest absolute Gasteiger partial charge is 0.226 e. The Morgan fingerprint density at radius 1 is 1.50 bits per heavy atom. The quantitative estimate of drug-likeness (QED) is 0.326. The molecule has 8 heavy (non-hydrogen) atoms. The Bertz CT molecular complexity index is 74.6. The lowest BCUT2D eigenvalue weighted by molar-refractivity contribution is 1.11. The minimum atomic E-state index is 1.14. The lowest BCUT2D eigenvalue weighted by atomic mass is 10.5. The van der Waals surface area contributed by atoms with Crippen LogP contribution in [0.1, 0.15) is 27.2 Å². The Morgan fingerprint density at radius 3 is 2.50 bits per heavy atom. The van der Waals surface area contributed by atoms with Crippen LogP contribution in [0, 0.1) is 0 Å². The molecule has 0 aromatic carbocycles. The summed E-state index contributed by atoms with van der Waals surface area (Å²) in [6, 6.07) is 0. The lowest BCUT2D eigenvalue weighted by Crippen LogP contribution is -1.77. The maximum Gasteiger partial charge on any atom is 0.0200 e. The summed E-state index contributed by atoms with van der Waals surface area (Å²) in [7, 11) is 0. The van der Waals surface area contributed by atoms with Crippen molar-refractivity contribution in [2.75, 3.05) is 5.75 Å². The summed E-state index contributed by atoms with van der Waals surface area (Å²) in [5.41, 5.74) is 1.16. The van der Waals surface area contributed by atoms with Crippen LogP contribution in [0.3, 0.4) is 0 Å². The SMILES string of the molecule is CCCSN=C(C)C. The topological polar surface area (TPSA) is 12.4 Å². The summed E-state index contributed by atoms with van der Waals surface area (Å²) in [6.07, 6.45) is 1.21. The molecule has 0 amide bonds.